The summed E-state index contributed by atoms with van der Waals surface area (Å²) in [5, 5.41) is 8.26. The Balaban J connectivity index is 1.42. The number of nitrogen functional groups attached to an aromatic ring is 1. The monoisotopic (exact) mass is 462 g/mol. The summed E-state index contributed by atoms with van der Waals surface area (Å²) in [4.78, 5) is 41.1. The van der Waals surface area contributed by atoms with Gasteiger partial charge in [0, 0.05) is 22.2 Å². The Bertz CT molecular complexity index is 1070. The van der Waals surface area contributed by atoms with E-state index in [1.165, 1.54) is 18.4 Å². The van der Waals surface area contributed by atoms with Gasteiger partial charge in [-0.1, -0.05) is 11.2 Å². The molecule has 9 nitrogen and oxygen atoms in total. The summed E-state index contributed by atoms with van der Waals surface area (Å²) >= 11 is 4.36. The number of carbonyl (C=O) groups excluding carboxylic acids is 2. The number of nitrogens with one attached hydrogen (secondary N) is 1. The van der Waals surface area contributed by atoms with E-state index in [1.807, 2.05) is 30.8 Å². The highest BCUT2D eigenvalue weighted by atomic mass is 32.2. The number of nitrogens with zero attached hydrogens (tertiary/aromatic N) is 4. The standard InChI is InChI=1S/C18H18N6O3S3/c1-9-12(30-8-20-9)4-3-10-5-24-16(26)14(17(24)28-6-10)22-15(25)13(23-27-2)11-7-29-18(19)21-11/h3-5,7-8,14,17H,6H2,1-2H3,(H2,19,21)(H,22,25)/t14?,17-/m1/s1. The molecule has 0 aliphatic carbocycles. The van der Waals surface area contributed by atoms with E-state index in [0.29, 0.717) is 10.8 Å². The molecule has 1 fully saturated rings. The second-order valence-corrected chi connectivity index (χ2v) is 9.31. The van der Waals surface area contributed by atoms with Crippen LogP contribution < -0.4 is 11.1 Å². The number of aromatic nitrogens is 2. The summed E-state index contributed by atoms with van der Waals surface area (Å²) in [6.45, 7) is 1.96. The van der Waals surface area contributed by atoms with Crippen molar-refractivity contribution in [2.75, 3.05) is 18.6 Å². The van der Waals surface area contributed by atoms with Gasteiger partial charge in [-0.3, -0.25) is 9.59 Å². The van der Waals surface area contributed by atoms with Gasteiger partial charge in [0.15, 0.2) is 10.8 Å². The van der Waals surface area contributed by atoms with Gasteiger partial charge in [0.25, 0.3) is 11.8 Å². The number of anilines is 1. The van der Waals surface area contributed by atoms with Crippen LogP contribution in [-0.4, -0.2) is 56.7 Å². The van der Waals surface area contributed by atoms with E-state index >= 15 is 0 Å². The predicted octanol–water partition coefficient (Wildman–Crippen LogP) is 1.84. The Morgan fingerprint density at radius 2 is 2.27 bits per heavy atom. The number of thioether (sulfide) groups is 1. The van der Waals surface area contributed by atoms with E-state index in [4.69, 9.17) is 10.6 Å². The molecule has 2 aromatic rings. The van der Waals surface area contributed by atoms with Gasteiger partial charge in [-0.15, -0.1) is 34.4 Å². The first-order chi connectivity index (χ1) is 14.5. The maximum Gasteiger partial charge on any atom is 0.276 e. The molecule has 0 bridgehead atoms. The van der Waals surface area contributed by atoms with E-state index in [-0.39, 0.29) is 17.0 Å². The van der Waals surface area contributed by atoms with Gasteiger partial charge in [-0.2, -0.15) is 0 Å². The number of thiazole rings is 2. The van der Waals surface area contributed by atoms with Crippen molar-refractivity contribution in [2.45, 2.75) is 18.3 Å². The van der Waals surface area contributed by atoms with Crippen molar-refractivity contribution in [3.8, 4) is 0 Å². The number of oxime groups is 1. The summed E-state index contributed by atoms with van der Waals surface area (Å²) in [7, 11) is 1.34. The maximum atomic E-state index is 12.7. The minimum atomic E-state index is -0.633. The number of β-lactam (4-membered cyclic amide) rings is 1. The van der Waals surface area contributed by atoms with Crippen LogP contribution in [0.5, 0.6) is 0 Å². The molecule has 156 valence electrons. The Morgan fingerprint density at radius 1 is 1.43 bits per heavy atom. The molecule has 4 rings (SSSR count). The molecule has 2 aliphatic rings. The lowest BCUT2D eigenvalue weighted by molar-refractivity contribution is -0.143. The SMILES string of the molecule is CON=C(C(=O)NC1C(=O)N2C=C(C=Cc3scnc3C)CS[C@H]12)c1csc(N)n1. The first-order valence-electron chi connectivity index (χ1n) is 8.84. The van der Waals surface area contributed by atoms with Crippen molar-refractivity contribution in [3.63, 3.8) is 0 Å². The van der Waals surface area contributed by atoms with Crippen LogP contribution in [0.2, 0.25) is 0 Å². The van der Waals surface area contributed by atoms with Crippen molar-refractivity contribution in [1.82, 2.24) is 20.2 Å². The number of fused-ring (bicyclic) bond motifs is 1. The molecule has 4 heterocycles. The van der Waals surface area contributed by atoms with Crippen LogP contribution in [0.25, 0.3) is 6.08 Å². The molecule has 0 aromatic carbocycles. The minimum Gasteiger partial charge on any atom is -0.398 e. The lowest BCUT2D eigenvalue weighted by Gasteiger charge is -2.47. The third-order valence-corrected chi connectivity index (χ3v) is 7.40. The van der Waals surface area contributed by atoms with Gasteiger partial charge < -0.3 is 20.8 Å². The van der Waals surface area contributed by atoms with Crippen molar-refractivity contribution in [2.24, 2.45) is 5.16 Å². The topological polar surface area (TPSA) is 123 Å². The Kier molecular flexibility index (Phi) is 5.88. The normalized spacial score (nSPS) is 21.3. The molecule has 2 atom stereocenters. The highest BCUT2D eigenvalue weighted by molar-refractivity contribution is 8.00. The van der Waals surface area contributed by atoms with E-state index in [1.54, 1.807) is 33.4 Å². The number of hydrogen-bond donors (Lipinski definition) is 2. The second kappa shape index (κ2) is 8.58. The Labute approximate surface area is 184 Å². The molecular weight excluding hydrogens is 444 g/mol. The first-order valence-corrected chi connectivity index (χ1v) is 11.6. The summed E-state index contributed by atoms with van der Waals surface area (Å²) in [6.07, 6.45) is 5.85. The molecule has 3 N–H and O–H groups in total. The maximum absolute atomic E-state index is 12.7. The molecule has 1 unspecified atom stereocenters. The Morgan fingerprint density at radius 3 is 2.93 bits per heavy atom. The number of amides is 2. The third kappa shape index (κ3) is 3.98. The van der Waals surface area contributed by atoms with E-state index < -0.39 is 11.9 Å². The number of nitrogens with two attached hydrogens (primary N) is 1. The smallest absolute Gasteiger partial charge is 0.276 e. The summed E-state index contributed by atoms with van der Waals surface area (Å²) in [6, 6.07) is -0.633. The van der Waals surface area contributed by atoms with Gasteiger partial charge in [0.2, 0.25) is 0 Å². The number of rotatable bonds is 6. The number of aryl methyl sites for hydroxylation is 1. The Hall–Kier alpha value is -2.70. The second-order valence-electron chi connectivity index (χ2n) is 6.43. The number of allylic oxidation sites excluding steroid dienone is 1. The van der Waals surface area contributed by atoms with E-state index in [2.05, 4.69) is 20.4 Å². The van der Waals surface area contributed by atoms with Gasteiger partial charge in [0.1, 0.15) is 24.2 Å². The van der Waals surface area contributed by atoms with Crippen LogP contribution in [0.3, 0.4) is 0 Å². The quantitative estimate of drug-likeness (QED) is 0.381. The number of carbonyl (C=O) groups is 2. The molecule has 1 saturated heterocycles. The minimum absolute atomic E-state index is 0.0170. The van der Waals surface area contributed by atoms with Crippen LogP contribution in [-0.2, 0) is 14.4 Å². The van der Waals surface area contributed by atoms with Crippen LogP contribution >= 0.6 is 34.4 Å². The third-order valence-electron chi connectivity index (χ3n) is 4.49. The summed E-state index contributed by atoms with van der Waals surface area (Å²) < 4.78 is 0. The van der Waals surface area contributed by atoms with Gasteiger partial charge in [-0.05, 0) is 18.6 Å². The fraction of sp³-hybridized carbons (Fsp3) is 0.278. The van der Waals surface area contributed by atoms with Gasteiger partial charge >= 0.3 is 0 Å². The van der Waals surface area contributed by atoms with Crippen molar-refractivity contribution in [1.29, 1.82) is 0 Å². The molecule has 12 heteroatoms. The number of hydrogen-bond acceptors (Lipinski definition) is 10. The average Bonchev–Trinajstić information content (AvgIpc) is 3.36. The van der Waals surface area contributed by atoms with Crippen molar-refractivity contribution in [3.05, 3.63) is 45.0 Å². The molecule has 0 radical (unpaired) electrons. The molecule has 0 spiro atoms. The molecule has 0 saturated carbocycles. The average molecular weight is 463 g/mol. The van der Waals surface area contributed by atoms with Crippen LogP contribution in [0, 0.1) is 6.92 Å². The highest BCUT2D eigenvalue weighted by Crippen LogP contribution is 2.36. The molecule has 2 amide bonds. The lowest BCUT2D eigenvalue weighted by atomic mass is 10.1. The van der Waals surface area contributed by atoms with Crippen molar-refractivity contribution < 1.29 is 14.4 Å². The zero-order chi connectivity index (χ0) is 21.3. The zero-order valence-electron chi connectivity index (χ0n) is 16.1. The largest absolute Gasteiger partial charge is 0.398 e. The van der Waals surface area contributed by atoms with Gasteiger partial charge in [-0.25, -0.2) is 9.97 Å². The molecular formula is C18H18N6O3S3. The van der Waals surface area contributed by atoms with Gasteiger partial charge in [0.05, 0.1) is 11.2 Å². The highest BCUT2D eigenvalue weighted by Gasteiger charge is 2.49. The van der Waals surface area contributed by atoms with Crippen LogP contribution in [0.15, 0.2) is 33.9 Å². The predicted molar refractivity (Wildman–Crippen MR) is 119 cm³/mol. The fourth-order valence-corrected chi connectivity index (χ4v) is 5.46. The van der Waals surface area contributed by atoms with E-state index in [9.17, 15) is 9.59 Å². The first kappa shape index (κ1) is 20.6. The zero-order valence-corrected chi connectivity index (χ0v) is 18.5. The van der Waals surface area contributed by atoms with E-state index in [0.717, 1.165) is 21.9 Å². The molecule has 2 aromatic heterocycles. The molecule has 2 aliphatic heterocycles. The van der Waals surface area contributed by atoms with Crippen molar-refractivity contribution >= 4 is 63.2 Å². The van der Waals surface area contributed by atoms with Crippen LogP contribution in [0.4, 0.5) is 5.13 Å². The lowest BCUT2D eigenvalue weighted by Crippen LogP contribution is -2.69. The summed E-state index contributed by atoms with van der Waals surface area (Å²) in [5.74, 6) is 0.0302. The molecule has 30 heavy (non-hydrogen) atoms. The summed E-state index contributed by atoms with van der Waals surface area (Å²) in [5.41, 5.74) is 9.75. The fourth-order valence-electron chi connectivity index (χ4n) is 2.98. The van der Waals surface area contributed by atoms with Crippen LogP contribution in [0.1, 0.15) is 16.3 Å².